The molecule has 0 N–H and O–H groups in total. The first-order chi connectivity index (χ1) is 14.5. The second kappa shape index (κ2) is 9.21. The molecule has 4 aromatic rings. The number of hydrogen-bond acceptors (Lipinski definition) is 4. The summed E-state index contributed by atoms with van der Waals surface area (Å²) in [6, 6.07) is 23.5. The number of hydrogen-bond donors (Lipinski definition) is 0. The second-order valence-corrected chi connectivity index (χ2v) is 10.2. The first-order valence-electron chi connectivity index (χ1n) is 9.69. The van der Waals surface area contributed by atoms with E-state index >= 15 is 0 Å². The third-order valence-electron chi connectivity index (χ3n) is 4.49. The first-order valence-corrected chi connectivity index (χ1v) is 11.8. The van der Waals surface area contributed by atoms with Crippen LogP contribution in [0.3, 0.4) is 0 Å². The Morgan fingerprint density at radius 3 is 2.43 bits per heavy atom. The van der Waals surface area contributed by atoms with Gasteiger partial charge in [-0.3, -0.25) is 9.69 Å². The van der Waals surface area contributed by atoms with Crippen LogP contribution in [-0.4, -0.2) is 16.1 Å². The van der Waals surface area contributed by atoms with E-state index in [-0.39, 0.29) is 5.91 Å². The van der Waals surface area contributed by atoms with E-state index in [4.69, 9.17) is 16.6 Å². The number of carbonyl (C=O) groups is 1. The fourth-order valence-corrected chi connectivity index (χ4v) is 5.22. The van der Waals surface area contributed by atoms with Crippen molar-refractivity contribution in [3.05, 3.63) is 88.9 Å². The summed E-state index contributed by atoms with van der Waals surface area (Å²) in [5, 5.41) is 1.73. The van der Waals surface area contributed by atoms with Crippen LogP contribution in [0, 0.1) is 0 Å². The molecule has 0 atom stereocenters. The molecule has 1 aromatic heterocycles. The van der Waals surface area contributed by atoms with Crippen LogP contribution in [0.1, 0.15) is 29.8 Å². The van der Waals surface area contributed by atoms with Crippen LogP contribution in [-0.2, 0) is 6.54 Å². The number of halogens is 1. The maximum atomic E-state index is 13.5. The monoisotopic (exact) mass is 452 g/mol. The van der Waals surface area contributed by atoms with E-state index in [1.54, 1.807) is 16.7 Å². The molecule has 30 heavy (non-hydrogen) atoms. The van der Waals surface area contributed by atoms with Gasteiger partial charge in [-0.2, -0.15) is 0 Å². The molecule has 0 bridgehead atoms. The molecule has 4 rings (SSSR count). The quantitative estimate of drug-likeness (QED) is 0.288. The number of thioether (sulfide) groups is 1. The summed E-state index contributed by atoms with van der Waals surface area (Å²) in [5.41, 5.74) is 2.42. The van der Waals surface area contributed by atoms with Gasteiger partial charge in [0.15, 0.2) is 5.13 Å². The predicted molar refractivity (Wildman–Crippen MR) is 129 cm³/mol. The summed E-state index contributed by atoms with van der Waals surface area (Å²) < 4.78 is 0.965. The minimum absolute atomic E-state index is 0.0740. The third-order valence-corrected chi connectivity index (χ3v) is 6.86. The van der Waals surface area contributed by atoms with Gasteiger partial charge in [0, 0.05) is 15.7 Å². The average molecular weight is 453 g/mol. The Kier molecular flexibility index (Phi) is 6.42. The van der Waals surface area contributed by atoms with E-state index in [1.807, 2.05) is 72.8 Å². The van der Waals surface area contributed by atoms with E-state index < -0.39 is 0 Å². The van der Waals surface area contributed by atoms with Gasteiger partial charge in [-0.05, 0) is 42.0 Å². The van der Waals surface area contributed by atoms with Gasteiger partial charge in [-0.15, -0.1) is 11.8 Å². The van der Waals surface area contributed by atoms with Crippen molar-refractivity contribution < 1.29 is 4.79 Å². The molecule has 0 unspecified atom stereocenters. The highest BCUT2D eigenvalue weighted by atomic mass is 35.5. The Labute approximate surface area is 189 Å². The number of aromatic nitrogens is 1. The van der Waals surface area contributed by atoms with Gasteiger partial charge in [0.2, 0.25) is 0 Å². The van der Waals surface area contributed by atoms with E-state index in [0.717, 1.165) is 20.7 Å². The van der Waals surface area contributed by atoms with Gasteiger partial charge < -0.3 is 0 Å². The topological polar surface area (TPSA) is 33.2 Å². The van der Waals surface area contributed by atoms with Crippen LogP contribution in [0.4, 0.5) is 5.13 Å². The van der Waals surface area contributed by atoms with Crippen LogP contribution in [0.25, 0.3) is 10.2 Å². The summed E-state index contributed by atoms with van der Waals surface area (Å²) in [6.07, 6.45) is 0. The zero-order valence-electron chi connectivity index (χ0n) is 16.7. The smallest absolute Gasteiger partial charge is 0.260 e. The lowest BCUT2D eigenvalue weighted by Gasteiger charge is -2.20. The van der Waals surface area contributed by atoms with Crippen molar-refractivity contribution in [1.82, 2.24) is 4.98 Å². The third kappa shape index (κ3) is 4.69. The van der Waals surface area contributed by atoms with Gasteiger partial charge in [-0.25, -0.2) is 4.98 Å². The van der Waals surface area contributed by atoms with Gasteiger partial charge >= 0.3 is 0 Å². The van der Waals surface area contributed by atoms with Gasteiger partial charge in [0.1, 0.15) is 5.52 Å². The van der Waals surface area contributed by atoms with E-state index in [1.165, 1.54) is 11.3 Å². The zero-order valence-corrected chi connectivity index (χ0v) is 19.1. The van der Waals surface area contributed by atoms with Crippen molar-refractivity contribution in [2.24, 2.45) is 0 Å². The molecule has 0 aliphatic rings. The molecule has 0 aliphatic heterocycles. The highest BCUT2D eigenvalue weighted by molar-refractivity contribution is 7.99. The maximum absolute atomic E-state index is 13.5. The maximum Gasteiger partial charge on any atom is 0.260 e. The fraction of sp³-hybridized carbons (Fsp3) is 0.167. The van der Waals surface area contributed by atoms with Crippen LogP contribution in [0.5, 0.6) is 0 Å². The molecule has 0 radical (unpaired) electrons. The minimum Gasteiger partial charge on any atom is -0.279 e. The molecule has 0 saturated heterocycles. The summed E-state index contributed by atoms with van der Waals surface area (Å²) in [7, 11) is 0. The van der Waals surface area contributed by atoms with Crippen molar-refractivity contribution in [2.75, 3.05) is 4.90 Å². The Balaban J connectivity index is 1.70. The lowest BCUT2D eigenvalue weighted by atomic mass is 10.1. The Hall–Kier alpha value is -2.34. The normalized spacial score (nSPS) is 11.2. The standard InChI is InChI=1S/C24H21ClN2OS2/c1-16(2)29-19-13-11-18(12-14-19)23(28)27(15-17-7-4-3-5-8-17)24-26-22-20(25)9-6-10-21(22)30-24/h3-14,16H,15H2,1-2H3. The molecule has 6 heteroatoms. The Morgan fingerprint density at radius 2 is 1.77 bits per heavy atom. The highest BCUT2D eigenvalue weighted by Gasteiger charge is 2.22. The number of amides is 1. The molecule has 1 amide bonds. The molecular weight excluding hydrogens is 432 g/mol. The zero-order chi connectivity index (χ0) is 21.1. The van der Waals surface area contributed by atoms with Gasteiger partial charge in [0.25, 0.3) is 5.91 Å². The summed E-state index contributed by atoms with van der Waals surface area (Å²) in [4.78, 5) is 21.1. The predicted octanol–water partition coefficient (Wildman–Crippen LogP) is 7.30. The van der Waals surface area contributed by atoms with Gasteiger partial charge in [-0.1, -0.05) is 73.2 Å². The summed E-state index contributed by atoms with van der Waals surface area (Å²) in [5.74, 6) is -0.0740. The van der Waals surface area contributed by atoms with E-state index in [2.05, 4.69) is 13.8 Å². The molecule has 0 spiro atoms. The molecule has 0 aliphatic carbocycles. The first kappa shape index (κ1) is 20.9. The number of fused-ring (bicyclic) bond motifs is 1. The number of anilines is 1. The molecule has 0 fully saturated rings. The Bertz CT molecular complexity index is 1160. The molecule has 152 valence electrons. The van der Waals surface area contributed by atoms with Crippen LogP contribution < -0.4 is 4.90 Å². The largest absolute Gasteiger partial charge is 0.279 e. The van der Waals surface area contributed by atoms with Crippen molar-refractivity contribution >= 4 is 56.0 Å². The number of thiazole rings is 1. The minimum atomic E-state index is -0.0740. The number of para-hydroxylation sites is 1. The van der Waals surface area contributed by atoms with Crippen LogP contribution in [0.2, 0.25) is 5.02 Å². The Morgan fingerprint density at radius 1 is 1.03 bits per heavy atom. The van der Waals surface area contributed by atoms with Gasteiger partial charge in [0.05, 0.1) is 16.3 Å². The lowest BCUT2D eigenvalue weighted by molar-refractivity contribution is 0.0985. The SMILES string of the molecule is CC(C)Sc1ccc(C(=O)N(Cc2ccccc2)c2nc3c(Cl)cccc3s2)cc1. The molecular formula is C24H21ClN2OS2. The van der Waals surface area contributed by atoms with Crippen molar-refractivity contribution in [3.8, 4) is 0 Å². The molecule has 0 saturated carbocycles. The van der Waals surface area contributed by atoms with Crippen molar-refractivity contribution in [1.29, 1.82) is 0 Å². The molecule has 3 aromatic carbocycles. The van der Waals surface area contributed by atoms with Crippen molar-refractivity contribution in [3.63, 3.8) is 0 Å². The number of nitrogens with zero attached hydrogens (tertiary/aromatic N) is 2. The van der Waals surface area contributed by atoms with E-state index in [9.17, 15) is 4.79 Å². The molecule has 3 nitrogen and oxygen atoms in total. The van der Waals surface area contributed by atoms with Crippen molar-refractivity contribution in [2.45, 2.75) is 30.5 Å². The fourth-order valence-electron chi connectivity index (χ4n) is 3.12. The number of benzene rings is 3. The summed E-state index contributed by atoms with van der Waals surface area (Å²) in [6.45, 7) is 4.76. The second-order valence-electron chi connectivity index (χ2n) is 7.15. The van der Waals surface area contributed by atoms with E-state index in [0.29, 0.717) is 27.5 Å². The summed E-state index contributed by atoms with van der Waals surface area (Å²) >= 11 is 9.59. The lowest BCUT2D eigenvalue weighted by Crippen LogP contribution is -2.30. The average Bonchev–Trinajstić information content (AvgIpc) is 3.18. The number of rotatable bonds is 6. The van der Waals surface area contributed by atoms with Crippen LogP contribution >= 0.6 is 34.7 Å². The highest BCUT2D eigenvalue weighted by Crippen LogP contribution is 2.34. The number of carbonyl (C=O) groups excluding carboxylic acids is 1. The van der Waals surface area contributed by atoms with Crippen LogP contribution in [0.15, 0.2) is 77.7 Å². The molecule has 1 heterocycles.